The first-order valence-corrected chi connectivity index (χ1v) is 13.6. The van der Waals surface area contributed by atoms with Gasteiger partial charge in [0.25, 0.3) is 0 Å². The molecule has 4 nitrogen and oxygen atoms in total. The Labute approximate surface area is 228 Å². The van der Waals surface area contributed by atoms with Crippen molar-refractivity contribution in [1.82, 2.24) is 19.9 Å². The average molecular weight is 517 g/mol. The summed E-state index contributed by atoms with van der Waals surface area (Å²) >= 11 is 1.78. The first kappa shape index (κ1) is 22.0. The van der Waals surface area contributed by atoms with Crippen LogP contribution in [0, 0.1) is 0 Å². The molecule has 3 heterocycles. The van der Waals surface area contributed by atoms with Crippen molar-refractivity contribution in [3.8, 4) is 34.2 Å². The van der Waals surface area contributed by atoms with Crippen molar-refractivity contribution in [2.24, 2.45) is 0 Å². The van der Waals surface area contributed by atoms with Crippen LogP contribution in [0.5, 0.6) is 0 Å². The molecular weight excluding hydrogens is 496 g/mol. The fourth-order valence-corrected chi connectivity index (χ4v) is 6.51. The number of benzene rings is 5. The molecule has 0 saturated carbocycles. The van der Waals surface area contributed by atoms with E-state index in [2.05, 4.69) is 83.8 Å². The van der Waals surface area contributed by atoms with E-state index in [9.17, 15) is 0 Å². The van der Waals surface area contributed by atoms with Crippen molar-refractivity contribution in [2.75, 3.05) is 0 Å². The lowest BCUT2D eigenvalue weighted by Crippen LogP contribution is -2.00. The van der Waals surface area contributed by atoms with Crippen LogP contribution in [0.4, 0.5) is 0 Å². The molecule has 0 aliphatic rings. The maximum atomic E-state index is 5.05. The third-order valence-corrected chi connectivity index (χ3v) is 8.40. The van der Waals surface area contributed by atoms with Gasteiger partial charge in [-0.2, -0.15) is 0 Å². The van der Waals surface area contributed by atoms with Crippen molar-refractivity contribution in [3.05, 3.63) is 122 Å². The second-order valence-corrected chi connectivity index (χ2v) is 10.6. The van der Waals surface area contributed by atoms with Crippen LogP contribution in [0.15, 0.2) is 122 Å². The molecule has 8 rings (SSSR count). The van der Waals surface area contributed by atoms with E-state index in [4.69, 9.17) is 15.0 Å². The maximum absolute atomic E-state index is 5.05. The Morgan fingerprint density at radius 2 is 1.23 bits per heavy atom. The number of rotatable bonds is 3. The summed E-state index contributed by atoms with van der Waals surface area (Å²) in [5.41, 5.74) is 2.92. The Morgan fingerprint density at radius 3 is 2.15 bits per heavy atom. The van der Waals surface area contributed by atoms with Crippen molar-refractivity contribution < 1.29 is 0 Å². The standard InChI is InChI=1S/C34H20N4S/c1-2-8-23(9-3-1)32-36-33(38-34(37-32)28-12-6-10-21-7-4-5-11-25(21)28)24-14-13-22-15-16-27-26-17-18-35-20-30(26)39-31(27)29(22)19-24/h1-20H. The Hall–Kier alpha value is -5.00. The van der Waals surface area contributed by atoms with Crippen molar-refractivity contribution in [2.45, 2.75) is 0 Å². The molecule has 5 heteroatoms. The van der Waals surface area contributed by atoms with E-state index in [0.29, 0.717) is 17.5 Å². The van der Waals surface area contributed by atoms with Crippen LogP contribution in [0.1, 0.15) is 0 Å². The van der Waals surface area contributed by atoms with E-state index >= 15 is 0 Å². The fraction of sp³-hybridized carbons (Fsp3) is 0. The smallest absolute Gasteiger partial charge is 0.164 e. The predicted molar refractivity (Wildman–Crippen MR) is 162 cm³/mol. The quantitative estimate of drug-likeness (QED) is 0.235. The van der Waals surface area contributed by atoms with E-state index in [1.54, 1.807) is 11.3 Å². The number of hydrogen-bond donors (Lipinski definition) is 0. The summed E-state index contributed by atoms with van der Waals surface area (Å²) in [5.74, 6) is 1.99. The molecule has 39 heavy (non-hydrogen) atoms. The molecule has 182 valence electrons. The SMILES string of the molecule is c1ccc(-c2nc(-c3ccc4ccc5c6ccncc6sc5c4c3)nc(-c3cccc4ccccc34)n2)cc1. The second-order valence-electron chi connectivity index (χ2n) is 9.55. The van der Waals surface area contributed by atoms with E-state index in [0.717, 1.165) is 27.5 Å². The number of nitrogens with zero attached hydrogens (tertiary/aromatic N) is 4. The zero-order valence-corrected chi connectivity index (χ0v) is 21.6. The second kappa shape index (κ2) is 8.79. The third kappa shape index (κ3) is 3.67. The van der Waals surface area contributed by atoms with Gasteiger partial charge in [0.05, 0.1) is 4.70 Å². The van der Waals surface area contributed by atoms with Gasteiger partial charge in [-0.1, -0.05) is 97.1 Å². The highest BCUT2D eigenvalue weighted by Gasteiger charge is 2.15. The summed E-state index contributed by atoms with van der Waals surface area (Å²) in [6, 6.07) is 37.7. The fourth-order valence-electron chi connectivity index (χ4n) is 5.31. The van der Waals surface area contributed by atoms with Crippen LogP contribution in [0.25, 0.3) is 75.9 Å². The molecule has 0 fully saturated rings. The molecule has 0 N–H and O–H groups in total. The highest BCUT2D eigenvalue weighted by molar-refractivity contribution is 7.26. The Morgan fingerprint density at radius 1 is 0.487 bits per heavy atom. The zero-order chi connectivity index (χ0) is 25.8. The van der Waals surface area contributed by atoms with E-state index in [-0.39, 0.29) is 0 Å². The molecule has 0 saturated heterocycles. The number of pyridine rings is 1. The summed E-state index contributed by atoms with van der Waals surface area (Å²) in [7, 11) is 0. The zero-order valence-electron chi connectivity index (χ0n) is 20.7. The monoisotopic (exact) mass is 516 g/mol. The van der Waals surface area contributed by atoms with Gasteiger partial charge in [-0.25, -0.2) is 15.0 Å². The van der Waals surface area contributed by atoms with Gasteiger partial charge < -0.3 is 0 Å². The summed E-state index contributed by atoms with van der Waals surface area (Å²) < 4.78 is 2.44. The summed E-state index contributed by atoms with van der Waals surface area (Å²) in [4.78, 5) is 19.3. The average Bonchev–Trinajstić information content (AvgIpc) is 3.40. The first-order valence-electron chi connectivity index (χ1n) is 12.8. The number of hydrogen-bond acceptors (Lipinski definition) is 5. The number of aromatic nitrogens is 4. The van der Waals surface area contributed by atoms with Crippen LogP contribution in [0.2, 0.25) is 0 Å². The van der Waals surface area contributed by atoms with Crippen LogP contribution in [0.3, 0.4) is 0 Å². The molecule has 0 aliphatic carbocycles. The number of thiophene rings is 1. The largest absolute Gasteiger partial charge is 0.263 e. The molecule has 5 aromatic carbocycles. The summed E-state index contributed by atoms with van der Waals surface area (Å²) in [6.07, 6.45) is 3.81. The molecule has 0 amide bonds. The van der Waals surface area contributed by atoms with Crippen molar-refractivity contribution in [3.63, 3.8) is 0 Å². The molecule has 0 aliphatic heterocycles. The van der Waals surface area contributed by atoms with Crippen molar-refractivity contribution in [1.29, 1.82) is 0 Å². The van der Waals surface area contributed by atoms with Crippen LogP contribution in [-0.4, -0.2) is 19.9 Å². The van der Waals surface area contributed by atoms with Gasteiger partial charge in [-0.05, 0) is 28.3 Å². The van der Waals surface area contributed by atoms with Gasteiger partial charge in [0.15, 0.2) is 17.5 Å². The predicted octanol–water partition coefficient (Wildman–Crippen LogP) is 8.94. The number of fused-ring (bicyclic) bond motifs is 6. The van der Waals surface area contributed by atoms with Crippen molar-refractivity contribution >= 4 is 53.1 Å². The van der Waals surface area contributed by atoms with E-state index < -0.39 is 0 Å². The van der Waals surface area contributed by atoms with E-state index in [1.807, 2.05) is 42.7 Å². The van der Waals surface area contributed by atoms with Gasteiger partial charge >= 0.3 is 0 Å². The topological polar surface area (TPSA) is 51.6 Å². The summed E-state index contributed by atoms with van der Waals surface area (Å²) in [6.45, 7) is 0. The van der Waals surface area contributed by atoms with Crippen LogP contribution < -0.4 is 0 Å². The highest BCUT2D eigenvalue weighted by atomic mass is 32.1. The molecule has 0 bridgehead atoms. The molecular formula is C34H20N4S. The van der Waals surface area contributed by atoms with Crippen LogP contribution in [-0.2, 0) is 0 Å². The van der Waals surface area contributed by atoms with E-state index in [1.165, 1.54) is 30.9 Å². The Bertz CT molecular complexity index is 2180. The highest BCUT2D eigenvalue weighted by Crippen LogP contribution is 2.39. The molecule has 0 radical (unpaired) electrons. The molecule has 0 unspecified atom stereocenters. The van der Waals surface area contributed by atoms with Gasteiger partial charge in [0.2, 0.25) is 0 Å². The molecule has 3 aromatic heterocycles. The minimum Gasteiger partial charge on any atom is -0.263 e. The maximum Gasteiger partial charge on any atom is 0.164 e. The minimum absolute atomic E-state index is 0.661. The minimum atomic E-state index is 0.661. The molecule has 8 aromatic rings. The van der Waals surface area contributed by atoms with Crippen LogP contribution >= 0.6 is 11.3 Å². The first-order chi connectivity index (χ1) is 19.3. The van der Waals surface area contributed by atoms with Gasteiger partial charge in [0.1, 0.15) is 0 Å². The van der Waals surface area contributed by atoms with Gasteiger partial charge in [-0.15, -0.1) is 11.3 Å². The lowest BCUT2D eigenvalue weighted by Gasteiger charge is -2.11. The summed E-state index contributed by atoms with van der Waals surface area (Å²) in [5, 5.41) is 7.15. The van der Waals surface area contributed by atoms with Gasteiger partial charge in [-0.3, -0.25) is 4.98 Å². The lowest BCUT2D eigenvalue weighted by atomic mass is 10.0. The Balaban J connectivity index is 1.39. The normalized spacial score (nSPS) is 11.6. The molecule has 0 spiro atoms. The van der Waals surface area contributed by atoms with Gasteiger partial charge in [0, 0.05) is 49.9 Å². The lowest BCUT2D eigenvalue weighted by molar-refractivity contribution is 1.08. The molecule has 0 atom stereocenters. The third-order valence-electron chi connectivity index (χ3n) is 7.21. The Kier molecular flexibility index (Phi) is 4.96.